The van der Waals surface area contributed by atoms with E-state index in [-0.39, 0.29) is 5.79 Å². The van der Waals surface area contributed by atoms with E-state index in [4.69, 9.17) is 9.47 Å². The molecule has 1 saturated carbocycles. The summed E-state index contributed by atoms with van der Waals surface area (Å²) in [6, 6.07) is 4.51. The number of aryl methyl sites for hydroxylation is 1. The Morgan fingerprint density at radius 3 is 2.55 bits per heavy atom. The van der Waals surface area contributed by atoms with E-state index < -0.39 is 0 Å². The summed E-state index contributed by atoms with van der Waals surface area (Å²) >= 11 is 2.43. The minimum atomic E-state index is -0.354. The van der Waals surface area contributed by atoms with Gasteiger partial charge in [-0.25, -0.2) is 0 Å². The number of hydrogen-bond donors (Lipinski definition) is 0. The molecule has 2 nitrogen and oxygen atoms in total. The van der Waals surface area contributed by atoms with Crippen molar-refractivity contribution in [2.24, 2.45) is 0 Å². The van der Waals surface area contributed by atoms with E-state index in [2.05, 4.69) is 48.6 Å². The monoisotopic (exact) mass is 386 g/mol. The SMILES string of the molecule is CC(C)c1cc(CCI)cc2c1OC1(CCCCC1)O2. The zero-order valence-corrected chi connectivity index (χ0v) is 14.5. The molecule has 1 aliphatic heterocycles. The van der Waals surface area contributed by atoms with Gasteiger partial charge in [0.25, 0.3) is 5.79 Å². The maximum Gasteiger partial charge on any atom is 0.251 e. The Morgan fingerprint density at radius 2 is 1.90 bits per heavy atom. The van der Waals surface area contributed by atoms with E-state index in [1.165, 1.54) is 30.4 Å². The summed E-state index contributed by atoms with van der Waals surface area (Å²) in [6.45, 7) is 4.47. The molecule has 0 saturated heterocycles. The van der Waals surface area contributed by atoms with Gasteiger partial charge in [0, 0.05) is 22.8 Å². The number of ether oxygens (including phenoxy) is 2. The molecule has 1 aromatic rings. The van der Waals surface area contributed by atoms with Crippen LogP contribution in [0.4, 0.5) is 0 Å². The molecule has 110 valence electrons. The molecule has 0 unspecified atom stereocenters. The van der Waals surface area contributed by atoms with E-state index in [9.17, 15) is 0 Å². The number of fused-ring (bicyclic) bond motifs is 1. The molecule has 0 N–H and O–H groups in total. The molecule has 1 fully saturated rings. The highest BCUT2D eigenvalue weighted by molar-refractivity contribution is 14.1. The summed E-state index contributed by atoms with van der Waals surface area (Å²) in [6.07, 6.45) is 6.89. The van der Waals surface area contributed by atoms with E-state index in [1.54, 1.807) is 0 Å². The Bertz CT molecular complexity index is 490. The molecule has 20 heavy (non-hydrogen) atoms. The molecule has 0 aromatic heterocycles. The van der Waals surface area contributed by atoms with Gasteiger partial charge in [-0.3, -0.25) is 0 Å². The molecule has 0 amide bonds. The normalized spacial score (nSPS) is 19.8. The lowest BCUT2D eigenvalue weighted by Gasteiger charge is -2.31. The molecule has 0 bridgehead atoms. The third-order valence-electron chi connectivity index (χ3n) is 4.35. The molecule has 1 aliphatic carbocycles. The summed E-state index contributed by atoms with van der Waals surface area (Å²) in [4.78, 5) is 0. The van der Waals surface area contributed by atoms with Crippen LogP contribution in [0.1, 0.15) is 63.0 Å². The van der Waals surface area contributed by atoms with Crippen LogP contribution >= 0.6 is 22.6 Å². The lowest BCUT2D eigenvalue weighted by Crippen LogP contribution is -2.40. The number of alkyl halides is 1. The second-order valence-corrected chi connectivity index (χ2v) is 7.36. The van der Waals surface area contributed by atoms with Crippen LogP contribution in [0.5, 0.6) is 11.5 Å². The standard InChI is InChI=1S/C17H23IO2/c1-12(2)14-10-13(6-9-18)11-15-16(14)20-17(19-15)7-4-3-5-8-17/h10-12H,3-9H2,1-2H3. The third kappa shape index (κ3) is 2.66. The molecule has 1 heterocycles. The quantitative estimate of drug-likeness (QED) is 0.524. The Labute approximate surface area is 135 Å². The van der Waals surface area contributed by atoms with Gasteiger partial charge in [-0.05, 0) is 36.8 Å². The lowest BCUT2D eigenvalue weighted by atomic mass is 9.94. The van der Waals surface area contributed by atoms with Crippen molar-refractivity contribution in [3.05, 3.63) is 23.3 Å². The Morgan fingerprint density at radius 1 is 1.15 bits per heavy atom. The second kappa shape index (κ2) is 5.74. The predicted octanol–water partition coefficient (Wildman–Crippen LogP) is 5.22. The Kier molecular flexibility index (Phi) is 4.16. The first-order chi connectivity index (χ1) is 9.63. The van der Waals surface area contributed by atoms with Crippen LogP contribution in [0.2, 0.25) is 0 Å². The molecule has 1 spiro atoms. The fourth-order valence-electron chi connectivity index (χ4n) is 3.25. The van der Waals surface area contributed by atoms with Crippen molar-refractivity contribution in [3.8, 4) is 11.5 Å². The zero-order valence-electron chi connectivity index (χ0n) is 12.4. The van der Waals surface area contributed by atoms with Crippen molar-refractivity contribution >= 4 is 22.6 Å². The van der Waals surface area contributed by atoms with Crippen molar-refractivity contribution in [2.45, 2.75) is 64.1 Å². The van der Waals surface area contributed by atoms with Gasteiger partial charge in [0.2, 0.25) is 0 Å². The fraction of sp³-hybridized carbons (Fsp3) is 0.647. The van der Waals surface area contributed by atoms with Crippen molar-refractivity contribution in [3.63, 3.8) is 0 Å². The second-order valence-electron chi connectivity index (χ2n) is 6.28. The van der Waals surface area contributed by atoms with Gasteiger partial charge in [0.1, 0.15) is 0 Å². The van der Waals surface area contributed by atoms with E-state index in [1.807, 2.05) is 0 Å². The first-order valence-electron chi connectivity index (χ1n) is 7.74. The smallest absolute Gasteiger partial charge is 0.251 e. The summed E-state index contributed by atoms with van der Waals surface area (Å²) in [5, 5.41) is 0. The molecular weight excluding hydrogens is 363 g/mol. The van der Waals surface area contributed by atoms with Gasteiger partial charge >= 0.3 is 0 Å². The minimum Gasteiger partial charge on any atom is -0.448 e. The molecule has 2 aliphatic rings. The molecule has 3 heteroatoms. The average molecular weight is 386 g/mol. The van der Waals surface area contributed by atoms with Crippen LogP contribution in [-0.2, 0) is 6.42 Å². The Balaban J connectivity index is 1.96. The van der Waals surface area contributed by atoms with Gasteiger partial charge < -0.3 is 9.47 Å². The highest BCUT2D eigenvalue weighted by atomic mass is 127. The predicted molar refractivity (Wildman–Crippen MR) is 90.2 cm³/mol. The maximum absolute atomic E-state index is 6.34. The van der Waals surface area contributed by atoms with E-state index in [0.29, 0.717) is 5.92 Å². The van der Waals surface area contributed by atoms with Crippen LogP contribution in [-0.4, -0.2) is 10.2 Å². The topological polar surface area (TPSA) is 18.5 Å². The fourth-order valence-corrected chi connectivity index (χ4v) is 3.88. The summed E-state index contributed by atoms with van der Waals surface area (Å²) in [7, 11) is 0. The first-order valence-corrected chi connectivity index (χ1v) is 9.27. The van der Waals surface area contributed by atoms with Crippen LogP contribution in [0.25, 0.3) is 0 Å². The molecule has 1 aromatic carbocycles. The van der Waals surface area contributed by atoms with Gasteiger partial charge in [0.15, 0.2) is 11.5 Å². The van der Waals surface area contributed by atoms with Crippen molar-refractivity contribution in [2.75, 3.05) is 4.43 Å². The van der Waals surface area contributed by atoms with Crippen LogP contribution in [0, 0.1) is 0 Å². The maximum atomic E-state index is 6.34. The highest BCUT2D eigenvalue weighted by Crippen LogP contribution is 2.49. The number of halogens is 1. The number of hydrogen-bond acceptors (Lipinski definition) is 2. The third-order valence-corrected chi connectivity index (χ3v) is 4.89. The first kappa shape index (κ1) is 14.5. The molecule has 3 rings (SSSR count). The average Bonchev–Trinajstić information content (AvgIpc) is 2.76. The Hall–Kier alpha value is -0.450. The van der Waals surface area contributed by atoms with Gasteiger partial charge in [-0.15, -0.1) is 0 Å². The highest BCUT2D eigenvalue weighted by Gasteiger charge is 2.43. The summed E-state index contributed by atoms with van der Waals surface area (Å²) < 4.78 is 13.8. The van der Waals surface area contributed by atoms with Gasteiger partial charge in [-0.2, -0.15) is 0 Å². The van der Waals surface area contributed by atoms with Gasteiger partial charge in [-0.1, -0.05) is 48.9 Å². The molecular formula is C17H23IO2. The molecule has 0 atom stereocenters. The summed E-state index contributed by atoms with van der Waals surface area (Å²) in [5.74, 6) is 2.12. The van der Waals surface area contributed by atoms with Crippen molar-refractivity contribution in [1.29, 1.82) is 0 Å². The van der Waals surface area contributed by atoms with E-state index in [0.717, 1.165) is 35.2 Å². The number of benzene rings is 1. The van der Waals surface area contributed by atoms with E-state index >= 15 is 0 Å². The van der Waals surface area contributed by atoms with Crippen molar-refractivity contribution < 1.29 is 9.47 Å². The zero-order chi connectivity index (χ0) is 14.2. The van der Waals surface area contributed by atoms with Gasteiger partial charge in [0.05, 0.1) is 0 Å². The number of rotatable bonds is 3. The minimum absolute atomic E-state index is 0.354. The largest absolute Gasteiger partial charge is 0.448 e. The van der Waals surface area contributed by atoms with Crippen LogP contribution in [0.3, 0.4) is 0 Å². The molecule has 0 radical (unpaired) electrons. The van der Waals surface area contributed by atoms with Crippen LogP contribution < -0.4 is 9.47 Å². The van der Waals surface area contributed by atoms with Crippen LogP contribution in [0.15, 0.2) is 12.1 Å². The summed E-state index contributed by atoms with van der Waals surface area (Å²) in [5.41, 5.74) is 2.68. The van der Waals surface area contributed by atoms with Crippen molar-refractivity contribution in [1.82, 2.24) is 0 Å². The lowest BCUT2D eigenvalue weighted by molar-refractivity contribution is -0.105.